The molecule has 0 saturated carbocycles. The van der Waals surface area contributed by atoms with Gasteiger partial charge in [0.05, 0.1) is 6.54 Å². The molecule has 1 aliphatic rings. The number of nitrogens with one attached hydrogen (secondary N) is 1. The molecule has 4 nitrogen and oxygen atoms in total. The maximum atomic E-state index is 12.0. The predicted molar refractivity (Wildman–Crippen MR) is 94.4 cm³/mol. The van der Waals surface area contributed by atoms with Crippen LogP contribution in [0, 0.1) is 5.92 Å². The minimum absolute atomic E-state index is 0.126. The number of carbonyl (C=O) groups is 1. The van der Waals surface area contributed by atoms with Crippen molar-refractivity contribution in [3.8, 4) is 0 Å². The summed E-state index contributed by atoms with van der Waals surface area (Å²) >= 11 is 1.73. The van der Waals surface area contributed by atoms with Crippen molar-refractivity contribution in [1.82, 2.24) is 9.88 Å². The number of benzene rings is 1. The van der Waals surface area contributed by atoms with Gasteiger partial charge in [-0.3, -0.25) is 9.69 Å². The number of carbonyl (C=O) groups excluding carboxylic acids is 1. The van der Waals surface area contributed by atoms with E-state index in [9.17, 15) is 4.79 Å². The fourth-order valence-electron chi connectivity index (χ4n) is 3.04. The number of nitrogens with zero attached hydrogens (tertiary/aromatic N) is 2. The van der Waals surface area contributed by atoms with E-state index in [1.807, 2.05) is 41.9 Å². The minimum Gasteiger partial charge on any atom is -0.326 e. The van der Waals surface area contributed by atoms with Gasteiger partial charge in [0.1, 0.15) is 5.01 Å². The lowest BCUT2D eigenvalue weighted by Gasteiger charge is -2.31. The predicted octanol–water partition coefficient (Wildman–Crippen LogP) is 3.77. The summed E-state index contributed by atoms with van der Waals surface area (Å²) in [6.07, 6.45) is 5.85. The lowest BCUT2D eigenvalue weighted by atomic mass is 9.92. The fourth-order valence-corrected chi connectivity index (χ4v) is 3.69. The van der Waals surface area contributed by atoms with E-state index in [0.717, 1.165) is 31.7 Å². The van der Waals surface area contributed by atoms with Crippen LogP contribution in [-0.4, -0.2) is 28.9 Å². The van der Waals surface area contributed by atoms with Gasteiger partial charge in [0.15, 0.2) is 0 Å². The van der Waals surface area contributed by atoms with Crippen LogP contribution in [0.15, 0.2) is 41.9 Å². The van der Waals surface area contributed by atoms with Gasteiger partial charge in [-0.25, -0.2) is 4.98 Å². The molecule has 1 aliphatic heterocycles. The number of anilines is 1. The van der Waals surface area contributed by atoms with Gasteiger partial charge in [-0.05, 0) is 50.4 Å². The topological polar surface area (TPSA) is 45.2 Å². The third-order valence-corrected chi connectivity index (χ3v) is 5.15. The van der Waals surface area contributed by atoms with Gasteiger partial charge in [-0.2, -0.15) is 0 Å². The van der Waals surface area contributed by atoms with Gasteiger partial charge >= 0.3 is 0 Å². The van der Waals surface area contributed by atoms with Crippen LogP contribution in [-0.2, 0) is 11.3 Å². The van der Waals surface area contributed by atoms with Gasteiger partial charge in [0, 0.05) is 23.7 Å². The Hall–Kier alpha value is -1.72. The largest absolute Gasteiger partial charge is 0.326 e. The Bertz CT molecular complexity index is 592. The first-order valence-electron chi connectivity index (χ1n) is 8.25. The van der Waals surface area contributed by atoms with Gasteiger partial charge in [0.2, 0.25) is 5.91 Å². The quantitative estimate of drug-likeness (QED) is 0.877. The smallest absolute Gasteiger partial charge is 0.224 e. The third-order valence-electron chi connectivity index (χ3n) is 4.39. The molecular formula is C18H23N3OS. The number of likely N-dealkylation sites (tertiary alicyclic amines) is 1. The Kier molecular flexibility index (Phi) is 5.77. The molecule has 1 N–H and O–H groups in total. The molecule has 1 aromatic carbocycles. The molecule has 23 heavy (non-hydrogen) atoms. The van der Waals surface area contributed by atoms with Crippen molar-refractivity contribution >= 4 is 22.9 Å². The second-order valence-electron chi connectivity index (χ2n) is 6.10. The van der Waals surface area contributed by atoms with E-state index in [2.05, 4.69) is 15.2 Å². The van der Waals surface area contributed by atoms with E-state index in [1.54, 1.807) is 11.3 Å². The molecule has 0 radical (unpaired) electrons. The third kappa shape index (κ3) is 5.15. The zero-order valence-electron chi connectivity index (χ0n) is 13.3. The molecule has 1 fully saturated rings. The Morgan fingerprint density at radius 3 is 2.74 bits per heavy atom. The van der Waals surface area contributed by atoms with E-state index in [4.69, 9.17) is 0 Å². The summed E-state index contributed by atoms with van der Waals surface area (Å²) in [7, 11) is 0. The molecule has 1 amide bonds. The average molecular weight is 329 g/mol. The minimum atomic E-state index is 0.126. The van der Waals surface area contributed by atoms with Crippen molar-refractivity contribution in [3.63, 3.8) is 0 Å². The molecule has 3 rings (SSSR count). The van der Waals surface area contributed by atoms with Crippen LogP contribution >= 0.6 is 11.3 Å². The van der Waals surface area contributed by atoms with Crippen molar-refractivity contribution in [2.75, 3.05) is 18.4 Å². The normalized spacial score (nSPS) is 16.3. The number of piperidine rings is 1. The van der Waals surface area contributed by atoms with Gasteiger partial charge in [-0.15, -0.1) is 11.3 Å². The van der Waals surface area contributed by atoms with E-state index in [0.29, 0.717) is 12.3 Å². The highest BCUT2D eigenvalue weighted by Crippen LogP contribution is 2.23. The van der Waals surface area contributed by atoms with Crippen LogP contribution in [0.25, 0.3) is 0 Å². The lowest BCUT2D eigenvalue weighted by Crippen LogP contribution is -2.33. The first-order chi connectivity index (χ1) is 11.3. The Morgan fingerprint density at radius 2 is 2.04 bits per heavy atom. The van der Waals surface area contributed by atoms with Crippen LogP contribution in [0.1, 0.15) is 30.7 Å². The molecule has 0 spiro atoms. The summed E-state index contributed by atoms with van der Waals surface area (Å²) < 4.78 is 0. The van der Waals surface area contributed by atoms with Crippen molar-refractivity contribution in [2.24, 2.45) is 5.92 Å². The van der Waals surface area contributed by atoms with E-state index in [-0.39, 0.29) is 5.91 Å². The first-order valence-corrected chi connectivity index (χ1v) is 9.13. The zero-order valence-corrected chi connectivity index (χ0v) is 14.1. The molecule has 0 bridgehead atoms. The zero-order chi connectivity index (χ0) is 15.9. The highest BCUT2D eigenvalue weighted by molar-refractivity contribution is 7.09. The number of aromatic nitrogens is 1. The number of thiazole rings is 1. The summed E-state index contributed by atoms with van der Waals surface area (Å²) in [4.78, 5) is 18.8. The van der Waals surface area contributed by atoms with Crippen LogP contribution in [0.4, 0.5) is 5.69 Å². The second-order valence-corrected chi connectivity index (χ2v) is 7.08. The Labute approximate surface area is 141 Å². The molecule has 0 atom stereocenters. The number of hydrogen-bond donors (Lipinski definition) is 1. The average Bonchev–Trinajstić information content (AvgIpc) is 3.08. The first kappa shape index (κ1) is 16.1. The summed E-state index contributed by atoms with van der Waals surface area (Å²) in [6.45, 7) is 3.20. The van der Waals surface area contributed by atoms with Crippen LogP contribution in [0.5, 0.6) is 0 Å². The maximum Gasteiger partial charge on any atom is 0.224 e. The molecule has 122 valence electrons. The van der Waals surface area contributed by atoms with Gasteiger partial charge in [0.25, 0.3) is 0 Å². The summed E-state index contributed by atoms with van der Waals surface area (Å²) in [5, 5.41) is 6.20. The van der Waals surface area contributed by atoms with E-state index in [1.165, 1.54) is 17.8 Å². The molecule has 2 aromatic rings. The number of amides is 1. The van der Waals surface area contributed by atoms with Crippen molar-refractivity contribution in [1.29, 1.82) is 0 Å². The fraction of sp³-hybridized carbons (Fsp3) is 0.444. The second kappa shape index (κ2) is 8.22. The molecule has 0 aliphatic carbocycles. The summed E-state index contributed by atoms with van der Waals surface area (Å²) in [5.74, 6) is 0.797. The molecule has 2 heterocycles. The number of rotatable bonds is 6. The standard InChI is InChI=1S/C18H23N3OS/c22-17(20-16-4-2-1-3-5-16)7-6-15-8-11-21(12-9-15)14-18-19-10-13-23-18/h1-5,10,13,15H,6-9,11-12,14H2,(H,20,22). The van der Waals surface area contributed by atoms with Gasteiger partial charge < -0.3 is 5.32 Å². The van der Waals surface area contributed by atoms with Crippen LogP contribution < -0.4 is 5.32 Å². The lowest BCUT2D eigenvalue weighted by molar-refractivity contribution is -0.116. The van der Waals surface area contributed by atoms with Gasteiger partial charge in [-0.1, -0.05) is 18.2 Å². The number of para-hydroxylation sites is 1. The van der Waals surface area contributed by atoms with Crippen molar-refractivity contribution in [3.05, 3.63) is 46.9 Å². The van der Waals surface area contributed by atoms with Crippen LogP contribution in [0.3, 0.4) is 0 Å². The van der Waals surface area contributed by atoms with Crippen molar-refractivity contribution < 1.29 is 4.79 Å². The maximum absolute atomic E-state index is 12.0. The Balaban J connectivity index is 1.35. The summed E-state index contributed by atoms with van der Waals surface area (Å²) in [6, 6.07) is 9.68. The summed E-state index contributed by atoms with van der Waals surface area (Å²) in [5.41, 5.74) is 0.885. The molecule has 1 saturated heterocycles. The SMILES string of the molecule is O=C(CCC1CCN(Cc2nccs2)CC1)Nc1ccccc1. The van der Waals surface area contributed by atoms with E-state index < -0.39 is 0 Å². The monoisotopic (exact) mass is 329 g/mol. The highest BCUT2D eigenvalue weighted by Gasteiger charge is 2.20. The Morgan fingerprint density at radius 1 is 1.26 bits per heavy atom. The van der Waals surface area contributed by atoms with E-state index >= 15 is 0 Å². The highest BCUT2D eigenvalue weighted by atomic mass is 32.1. The molecular weight excluding hydrogens is 306 g/mol. The van der Waals surface area contributed by atoms with Crippen LogP contribution in [0.2, 0.25) is 0 Å². The molecule has 1 aromatic heterocycles. The number of hydrogen-bond acceptors (Lipinski definition) is 4. The molecule has 0 unspecified atom stereocenters. The van der Waals surface area contributed by atoms with Crippen molar-refractivity contribution in [2.45, 2.75) is 32.2 Å². The molecule has 5 heteroatoms.